The fraction of sp³-hybridized carbons (Fsp3) is 0.385. The first-order chi connectivity index (χ1) is 21.9. The maximum atomic E-state index is 13.5. The molecule has 4 fully saturated rings. The highest BCUT2D eigenvalue weighted by Gasteiger charge is 2.64. The molecule has 2 aliphatic heterocycles. The quantitative estimate of drug-likeness (QED) is 0.238. The Morgan fingerprint density at radius 1 is 0.511 bits per heavy atom. The van der Waals surface area contributed by atoms with Crippen LogP contribution in [-0.4, -0.2) is 23.6 Å². The Hall–Kier alpha value is -4.32. The minimum Gasteiger partial charge on any atom is -0.274 e. The number of hydrogen-bond acceptors (Lipinski definition) is 4. The van der Waals surface area contributed by atoms with Crippen LogP contribution >= 0.6 is 0 Å². The molecule has 2 saturated carbocycles. The molecule has 0 aromatic heterocycles. The van der Waals surface area contributed by atoms with Crippen LogP contribution in [0.2, 0.25) is 0 Å². The van der Waals surface area contributed by atoms with Crippen molar-refractivity contribution in [2.45, 2.75) is 32.1 Å². The summed E-state index contributed by atoms with van der Waals surface area (Å²) in [7, 11) is 0. The van der Waals surface area contributed by atoms with Gasteiger partial charge in [-0.3, -0.25) is 29.0 Å². The van der Waals surface area contributed by atoms with E-state index in [1.54, 1.807) is 0 Å². The standard InChI is InChI=1S/C39H38N2O4/c1-3-5-7-26-28-17-18-29(26)33-32(28)36(42)40(37(33)43)24-13-9-22(10-14-24)21-23-11-15-25(16-12-23)41-38(44)34-30-19-20-31(35(34)39(41)45)27(30)8-6-4-2/h3-4,9-20,26-35H,1-2,5-8,21H2. The van der Waals surface area contributed by atoms with Crippen molar-refractivity contribution in [3.8, 4) is 0 Å². The van der Waals surface area contributed by atoms with E-state index in [0.29, 0.717) is 29.6 Å². The van der Waals surface area contributed by atoms with E-state index in [1.807, 2.05) is 60.7 Å². The van der Waals surface area contributed by atoms with E-state index in [-0.39, 0.29) is 71.0 Å². The molecule has 2 heterocycles. The molecule has 0 spiro atoms. The SMILES string of the molecule is C=CCCC1C2C=CC1C1C(=O)N(c3ccc(Cc4ccc(N5C(=O)C6C7C=CC(C7CCC=C)C6C5=O)cc4)cc3)C(=O)C21. The predicted molar refractivity (Wildman–Crippen MR) is 173 cm³/mol. The van der Waals surface area contributed by atoms with Crippen LogP contribution in [0.1, 0.15) is 36.8 Å². The molecule has 4 aliphatic carbocycles. The van der Waals surface area contributed by atoms with Gasteiger partial charge in [0.1, 0.15) is 0 Å². The lowest BCUT2D eigenvalue weighted by molar-refractivity contribution is -0.125. The third-order valence-electron chi connectivity index (χ3n) is 11.7. The lowest BCUT2D eigenvalue weighted by Crippen LogP contribution is -2.34. The molecule has 228 valence electrons. The van der Waals surface area contributed by atoms with Crippen LogP contribution in [0.25, 0.3) is 0 Å². The maximum Gasteiger partial charge on any atom is 0.238 e. The van der Waals surface area contributed by atoms with E-state index in [9.17, 15) is 19.2 Å². The van der Waals surface area contributed by atoms with E-state index in [4.69, 9.17) is 0 Å². The highest BCUT2D eigenvalue weighted by molar-refractivity contribution is 6.23. The van der Waals surface area contributed by atoms with E-state index >= 15 is 0 Å². The topological polar surface area (TPSA) is 74.8 Å². The molecule has 8 atom stereocenters. The van der Waals surface area contributed by atoms with Crippen LogP contribution in [0, 0.1) is 59.2 Å². The van der Waals surface area contributed by atoms with Gasteiger partial charge in [0.25, 0.3) is 0 Å². The van der Waals surface area contributed by atoms with Crippen LogP contribution in [0.15, 0.2) is 98.1 Å². The van der Waals surface area contributed by atoms with E-state index in [2.05, 4.69) is 37.5 Å². The van der Waals surface area contributed by atoms with Gasteiger partial charge in [0, 0.05) is 0 Å². The van der Waals surface area contributed by atoms with Crippen molar-refractivity contribution in [1.82, 2.24) is 0 Å². The van der Waals surface area contributed by atoms with Gasteiger partial charge in [0.2, 0.25) is 23.6 Å². The molecule has 0 radical (unpaired) electrons. The van der Waals surface area contributed by atoms with Gasteiger partial charge in [-0.1, -0.05) is 60.7 Å². The monoisotopic (exact) mass is 598 g/mol. The normalized spacial score (nSPS) is 35.2. The smallest absolute Gasteiger partial charge is 0.238 e. The summed E-state index contributed by atoms with van der Waals surface area (Å²) in [5.41, 5.74) is 3.36. The number of allylic oxidation sites excluding steroid dienone is 6. The van der Waals surface area contributed by atoms with Gasteiger partial charge >= 0.3 is 0 Å². The van der Waals surface area contributed by atoms with Crippen molar-refractivity contribution >= 4 is 35.0 Å². The third kappa shape index (κ3) is 4.07. The minimum absolute atomic E-state index is 0.0694. The highest BCUT2D eigenvalue weighted by Crippen LogP contribution is 2.59. The molecule has 4 bridgehead atoms. The van der Waals surface area contributed by atoms with Crippen molar-refractivity contribution in [3.63, 3.8) is 0 Å². The maximum absolute atomic E-state index is 13.5. The summed E-state index contributed by atoms with van der Waals surface area (Å²) >= 11 is 0. The summed E-state index contributed by atoms with van der Waals surface area (Å²) in [4.78, 5) is 56.9. The van der Waals surface area contributed by atoms with Crippen LogP contribution < -0.4 is 9.80 Å². The second-order valence-corrected chi connectivity index (χ2v) is 13.8. The van der Waals surface area contributed by atoms with Gasteiger partial charge in [-0.25, -0.2) is 0 Å². The van der Waals surface area contributed by atoms with Crippen molar-refractivity contribution < 1.29 is 19.2 Å². The predicted octanol–water partition coefficient (Wildman–Crippen LogP) is 6.29. The second kappa shape index (κ2) is 10.6. The Morgan fingerprint density at radius 2 is 0.822 bits per heavy atom. The van der Waals surface area contributed by atoms with Crippen LogP contribution in [0.3, 0.4) is 0 Å². The summed E-state index contributed by atoms with van der Waals surface area (Å²) in [5, 5.41) is 0. The zero-order valence-corrected chi connectivity index (χ0v) is 25.3. The Labute approximate surface area is 264 Å². The molecule has 2 aromatic carbocycles. The molecule has 2 aromatic rings. The Morgan fingerprint density at radius 3 is 1.11 bits per heavy atom. The summed E-state index contributed by atoms with van der Waals surface area (Å²) in [6.45, 7) is 7.67. The zero-order valence-electron chi connectivity index (χ0n) is 25.3. The van der Waals surface area contributed by atoms with E-state index in [1.165, 1.54) is 9.80 Å². The number of hydrogen-bond donors (Lipinski definition) is 0. The first kappa shape index (κ1) is 28.2. The third-order valence-corrected chi connectivity index (χ3v) is 11.7. The fourth-order valence-corrected chi connectivity index (χ4v) is 9.85. The van der Waals surface area contributed by atoms with Crippen molar-refractivity contribution in [2.24, 2.45) is 59.2 Å². The van der Waals surface area contributed by atoms with Gasteiger partial charge in [0.15, 0.2) is 0 Å². The zero-order chi connectivity index (χ0) is 31.0. The highest BCUT2D eigenvalue weighted by atomic mass is 16.2. The molecule has 2 saturated heterocycles. The molecule has 6 nitrogen and oxygen atoms in total. The first-order valence-corrected chi connectivity index (χ1v) is 16.4. The average molecular weight is 599 g/mol. The number of carbonyl (C=O) groups is 4. The second-order valence-electron chi connectivity index (χ2n) is 13.8. The van der Waals surface area contributed by atoms with Crippen LogP contribution in [0.4, 0.5) is 11.4 Å². The van der Waals surface area contributed by atoms with Gasteiger partial charge in [-0.15, -0.1) is 13.2 Å². The molecule has 6 aliphatic rings. The van der Waals surface area contributed by atoms with E-state index in [0.717, 1.165) is 36.8 Å². The van der Waals surface area contributed by atoms with Crippen LogP contribution in [-0.2, 0) is 25.6 Å². The van der Waals surface area contributed by atoms with Gasteiger partial charge in [-0.2, -0.15) is 0 Å². The Kier molecular flexibility index (Phi) is 6.66. The molecule has 8 rings (SSSR count). The summed E-state index contributed by atoms with van der Waals surface area (Å²) < 4.78 is 0. The molecule has 0 N–H and O–H groups in total. The number of benzene rings is 2. The lowest BCUT2D eigenvalue weighted by Gasteiger charge is -2.22. The van der Waals surface area contributed by atoms with Crippen molar-refractivity contribution in [3.05, 3.63) is 109 Å². The number of anilines is 2. The van der Waals surface area contributed by atoms with Crippen molar-refractivity contribution in [2.75, 3.05) is 9.80 Å². The molecular formula is C39H38N2O4. The van der Waals surface area contributed by atoms with Gasteiger partial charge < -0.3 is 0 Å². The number of nitrogens with zero attached hydrogens (tertiary/aromatic N) is 2. The largest absolute Gasteiger partial charge is 0.274 e. The fourth-order valence-electron chi connectivity index (χ4n) is 9.85. The van der Waals surface area contributed by atoms with E-state index < -0.39 is 0 Å². The molecule has 8 unspecified atom stereocenters. The molecule has 45 heavy (non-hydrogen) atoms. The molecule has 4 amide bonds. The average Bonchev–Trinajstić information content (AvgIpc) is 3.88. The summed E-state index contributed by atoms with van der Waals surface area (Å²) in [5.74, 6) is -0.00912. The Balaban J connectivity index is 0.930. The lowest BCUT2D eigenvalue weighted by atomic mass is 9.85. The summed E-state index contributed by atoms with van der Waals surface area (Å²) in [6, 6.07) is 15.4. The molecule has 6 heteroatoms. The number of rotatable bonds is 10. The number of carbonyl (C=O) groups excluding carboxylic acids is 4. The van der Waals surface area contributed by atoms with Gasteiger partial charge in [-0.05, 0) is 103 Å². The molecular weight excluding hydrogens is 560 g/mol. The summed E-state index contributed by atoms with van der Waals surface area (Å²) in [6.07, 6.45) is 16.9. The Bertz CT molecular complexity index is 1480. The first-order valence-electron chi connectivity index (χ1n) is 16.4. The number of amides is 4. The number of fused-ring (bicyclic) bond motifs is 10. The number of imide groups is 2. The van der Waals surface area contributed by atoms with Gasteiger partial charge in [0.05, 0.1) is 35.0 Å². The van der Waals surface area contributed by atoms with Crippen LogP contribution in [0.5, 0.6) is 0 Å². The van der Waals surface area contributed by atoms with Crippen molar-refractivity contribution in [1.29, 1.82) is 0 Å². The minimum atomic E-state index is -0.250.